The molecule has 1 aliphatic rings. The van der Waals surface area contributed by atoms with E-state index in [1.165, 1.54) is 0 Å². The zero-order chi connectivity index (χ0) is 13.3. The third-order valence-corrected chi connectivity index (χ3v) is 2.65. The topological polar surface area (TPSA) is 46.6 Å². The minimum atomic E-state index is -0.916. The van der Waals surface area contributed by atoms with Crippen molar-refractivity contribution in [3.05, 3.63) is 29.3 Å². The fourth-order valence-corrected chi connectivity index (χ4v) is 1.87. The number of carbonyl (C=O) groups excluding carboxylic acids is 2. The monoisotopic (exact) mass is 255 g/mol. The van der Waals surface area contributed by atoms with Crippen LogP contribution in [-0.2, 0) is 9.53 Å². The number of rotatable bonds is 4. The number of anilines is 1. The van der Waals surface area contributed by atoms with Crippen molar-refractivity contribution < 1.29 is 23.1 Å². The van der Waals surface area contributed by atoms with Gasteiger partial charge >= 0.3 is 0 Å². The normalized spacial score (nSPS) is 14.3. The molecule has 1 aromatic rings. The molecule has 0 spiro atoms. The average Bonchev–Trinajstić information content (AvgIpc) is 2.55. The zero-order valence-corrected chi connectivity index (χ0v) is 9.70. The molecule has 1 aromatic carbocycles. The number of Topliss-reactive ketones (excluding diaryl/α,β-unsaturated/α-hetero) is 1. The van der Waals surface area contributed by atoms with Crippen LogP contribution in [0.1, 0.15) is 17.3 Å². The lowest BCUT2D eigenvalue weighted by atomic mass is 10.1. The van der Waals surface area contributed by atoms with Crippen LogP contribution in [0.25, 0.3) is 0 Å². The minimum Gasteiger partial charge on any atom is -0.380 e. The Hall–Kier alpha value is -1.82. The van der Waals surface area contributed by atoms with E-state index < -0.39 is 23.3 Å². The second kappa shape index (κ2) is 4.81. The van der Waals surface area contributed by atoms with Crippen molar-refractivity contribution in [2.75, 3.05) is 24.7 Å². The van der Waals surface area contributed by atoms with E-state index in [9.17, 15) is 18.4 Å². The summed E-state index contributed by atoms with van der Waals surface area (Å²) < 4.78 is 31.7. The van der Waals surface area contributed by atoms with E-state index in [1.54, 1.807) is 6.92 Å². The second-order valence-electron chi connectivity index (χ2n) is 3.77. The first kappa shape index (κ1) is 12.6. The lowest BCUT2D eigenvalue weighted by molar-refractivity contribution is -0.114. The second-order valence-corrected chi connectivity index (χ2v) is 3.77. The molecule has 0 saturated carbocycles. The molecule has 0 aliphatic carbocycles. The molecular weight excluding hydrogens is 244 g/mol. The molecule has 0 saturated heterocycles. The van der Waals surface area contributed by atoms with Crippen LogP contribution >= 0.6 is 0 Å². The quantitative estimate of drug-likeness (QED) is 0.605. The highest BCUT2D eigenvalue weighted by atomic mass is 19.1. The summed E-state index contributed by atoms with van der Waals surface area (Å²) in [6.45, 7) is 2.48. The molecule has 0 unspecified atom stereocenters. The number of hydrogen-bond donors (Lipinski definition) is 0. The smallest absolute Gasteiger partial charge is 0.299 e. The van der Waals surface area contributed by atoms with Gasteiger partial charge in [-0.05, 0) is 13.0 Å². The number of hydrogen-bond acceptors (Lipinski definition) is 3. The summed E-state index contributed by atoms with van der Waals surface area (Å²) in [5, 5.41) is 0. The molecule has 6 heteroatoms. The van der Waals surface area contributed by atoms with Crippen LogP contribution in [0.2, 0.25) is 0 Å². The number of halogens is 2. The third-order valence-electron chi connectivity index (χ3n) is 2.65. The average molecular weight is 255 g/mol. The summed E-state index contributed by atoms with van der Waals surface area (Å²) in [6.07, 6.45) is 0. The van der Waals surface area contributed by atoms with Gasteiger partial charge in [0.1, 0.15) is 5.82 Å². The molecule has 18 heavy (non-hydrogen) atoms. The summed E-state index contributed by atoms with van der Waals surface area (Å²) in [5.74, 6) is -3.53. The molecule has 0 N–H and O–H groups in total. The van der Waals surface area contributed by atoms with Crippen molar-refractivity contribution >= 4 is 17.4 Å². The summed E-state index contributed by atoms with van der Waals surface area (Å²) in [6, 6.07) is 1.53. The molecule has 0 fully saturated rings. The number of fused-ring (bicyclic) bond motifs is 1. The molecular formula is C12H11F2NO3. The number of ether oxygens (including phenoxy) is 1. The van der Waals surface area contributed by atoms with Crippen molar-refractivity contribution in [3.63, 3.8) is 0 Å². The summed E-state index contributed by atoms with van der Waals surface area (Å²) in [4.78, 5) is 24.2. The van der Waals surface area contributed by atoms with E-state index in [-0.39, 0.29) is 24.4 Å². The summed E-state index contributed by atoms with van der Waals surface area (Å²) in [7, 11) is 0. The highest BCUT2D eigenvalue weighted by Gasteiger charge is 2.38. The molecule has 96 valence electrons. The minimum absolute atomic E-state index is 0.0635. The van der Waals surface area contributed by atoms with Gasteiger partial charge in [0.2, 0.25) is 0 Å². The maximum atomic E-state index is 13.6. The SMILES string of the molecule is CCOCCN1C(=O)C(=O)c2cc(F)cc(F)c21. The summed E-state index contributed by atoms with van der Waals surface area (Å²) in [5.41, 5.74) is -0.389. The molecule has 4 nitrogen and oxygen atoms in total. The Labute approximate surface area is 102 Å². The van der Waals surface area contributed by atoms with Crippen LogP contribution in [0.3, 0.4) is 0 Å². The fourth-order valence-electron chi connectivity index (χ4n) is 1.87. The molecule has 0 atom stereocenters. The van der Waals surface area contributed by atoms with Crippen molar-refractivity contribution in [2.45, 2.75) is 6.92 Å². The standard InChI is InChI=1S/C12H11F2NO3/c1-2-18-4-3-15-10-8(11(16)12(15)17)5-7(13)6-9(10)14/h5-6H,2-4H2,1H3. The van der Waals surface area contributed by atoms with Crippen LogP contribution in [0.5, 0.6) is 0 Å². The van der Waals surface area contributed by atoms with Gasteiger partial charge in [0.25, 0.3) is 11.7 Å². The Kier molecular flexibility index (Phi) is 3.38. The maximum Gasteiger partial charge on any atom is 0.299 e. The van der Waals surface area contributed by atoms with Gasteiger partial charge in [-0.15, -0.1) is 0 Å². The number of nitrogens with zero attached hydrogens (tertiary/aromatic N) is 1. The number of ketones is 1. The van der Waals surface area contributed by atoms with Crippen LogP contribution < -0.4 is 4.90 Å². The van der Waals surface area contributed by atoms with Gasteiger partial charge in [0.15, 0.2) is 5.82 Å². The highest BCUT2D eigenvalue weighted by molar-refractivity contribution is 6.52. The number of benzene rings is 1. The van der Waals surface area contributed by atoms with Crippen LogP contribution in [0.15, 0.2) is 12.1 Å². The maximum absolute atomic E-state index is 13.6. The van der Waals surface area contributed by atoms with Gasteiger partial charge in [-0.25, -0.2) is 8.78 Å². The molecule has 0 bridgehead atoms. The Morgan fingerprint density at radius 1 is 1.28 bits per heavy atom. The predicted molar refractivity (Wildman–Crippen MR) is 59.5 cm³/mol. The van der Waals surface area contributed by atoms with Gasteiger partial charge in [-0.2, -0.15) is 0 Å². The molecule has 1 aliphatic heterocycles. The fraction of sp³-hybridized carbons (Fsp3) is 0.333. The molecule has 1 heterocycles. The number of carbonyl (C=O) groups is 2. The Balaban J connectivity index is 2.36. The van der Waals surface area contributed by atoms with Crippen LogP contribution in [-0.4, -0.2) is 31.4 Å². The number of amides is 1. The highest BCUT2D eigenvalue weighted by Crippen LogP contribution is 2.32. The predicted octanol–water partition coefficient (Wildman–Crippen LogP) is 1.53. The largest absolute Gasteiger partial charge is 0.380 e. The van der Waals surface area contributed by atoms with Gasteiger partial charge in [0, 0.05) is 19.2 Å². The third kappa shape index (κ3) is 1.99. The van der Waals surface area contributed by atoms with Crippen molar-refractivity contribution in [2.24, 2.45) is 0 Å². The first-order valence-electron chi connectivity index (χ1n) is 5.49. The van der Waals surface area contributed by atoms with E-state index in [0.29, 0.717) is 12.7 Å². The first-order valence-corrected chi connectivity index (χ1v) is 5.49. The van der Waals surface area contributed by atoms with Crippen LogP contribution in [0, 0.1) is 11.6 Å². The Morgan fingerprint density at radius 3 is 2.67 bits per heavy atom. The Bertz CT molecular complexity index is 516. The lowest BCUT2D eigenvalue weighted by Gasteiger charge is -2.16. The van der Waals surface area contributed by atoms with E-state index in [2.05, 4.69) is 0 Å². The van der Waals surface area contributed by atoms with Crippen molar-refractivity contribution in [1.82, 2.24) is 0 Å². The van der Waals surface area contributed by atoms with Crippen molar-refractivity contribution in [1.29, 1.82) is 0 Å². The van der Waals surface area contributed by atoms with E-state index in [4.69, 9.17) is 4.74 Å². The van der Waals surface area contributed by atoms with Gasteiger partial charge in [-0.3, -0.25) is 14.5 Å². The van der Waals surface area contributed by atoms with Crippen molar-refractivity contribution in [3.8, 4) is 0 Å². The zero-order valence-electron chi connectivity index (χ0n) is 9.70. The van der Waals surface area contributed by atoms with Crippen LogP contribution in [0.4, 0.5) is 14.5 Å². The van der Waals surface area contributed by atoms with E-state index in [1.807, 2.05) is 0 Å². The van der Waals surface area contributed by atoms with Gasteiger partial charge < -0.3 is 4.74 Å². The molecule has 0 aromatic heterocycles. The summed E-state index contributed by atoms with van der Waals surface area (Å²) >= 11 is 0. The van der Waals surface area contributed by atoms with Gasteiger partial charge in [-0.1, -0.05) is 0 Å². The Morgan fingerprint density at radius 2 is 2.00 bits per heavy atom. The van der Waals surface area contributed by atoms with E-state index in [0.717, 1.165) is 11.0 Å². The van der Waals surface area contributed by atoms with Gasteiger partial charge in [0.05, 0.1) is 17.9 Å². The molecule has 1 amide bonds. The lowest BCUT2D eigenvalue weighted by Crippen LogP contribution is -2.33. The molecule has 2 rings (SSSR count). The van der Waals surface area contributed by atoms with E-state index >= 15 is 0 Å². The molecule has 0 radical (unpaired) electrons. The first-order chi connectivity index (χ1) is 8.56.